The van der Waals surface area contributed by atoms with Crippen LogP contribution in [0.15, 0.2) is 109 Å². The Hall–Kier alpha value is -5.04. The quantitative estimate of drug-likeness (QED) is 0.202. The summed E-state index contributed by atoms with van der Waals surface area (Å²) < 4.78 is 2.49. The minimum Gasteiger partial charge on any atom is -0.337 e. The van der Waals surface area contributed by atoms with Gasteiger partial charge >= 0.3 is 0 Å². The number of benzene rings is 6. The smallest absolute Gasteiger partial charge is 0.148 e. The van der Waals surface area contributed by atoms with Crippen molar-refractivity contribution in [2.45, 2.75) is 0 Å². The summed E-state index contributed by atoms with van der Waals surface area (Å²) in [5.74, 6) is 1.84. The number of rotatable bonds is 2. The molecular weight excluding hydrogens is 553 g/mol. The maximum absolute atomic E-state index is 5.14. The minimum absolute atomic E-state index is 0.920. The van der Waals surface area contributed by atoms with Gasteiger partial charge in [0.05, 0.1) is 31.8 Å². The number of thiophene rings is 2. The van der Waals surface area contributed by atoms with E-state index in [2.05, 4.69) is 119 Å². The molecule has 4 heterocycles. The SMILES string of the molecule is c1ccc2c(c1)c1ccccc1c1[nH]c(-c3cc4sc(-c5nc6c7ccccc7c7ccccc7c6[nH]5)cc4s3)nc21. The maximum atomic E-state index is 5.14. The molecule has 0 atom stereocenters. The van der Waals surface area contributed by atoms with Crippen LogP contribution in [0, 0.1) is 0 Å². The van der Waals surface area contributed by atoms with Gasteiger partial charge in [-0.25, -0.2) is 9.97 Å². The molecule has 0 unspecified atom stereocenters. The van der Waals surface area contributed by atoms with Crippen molar-refractivity contribution in [3.63, 3.8) is 0 Å². The predicted octanol–water partition coefficient (Wildman–Crippen LogP) is 10.7. The van der Waals surface area contributed by atoms with Gasteiger partial charge in [0, 0.05) is 30.9 Å². The number of aromatic nitrogens is 4. The highest BCUT2D eigenvalue weighted by atomic mass is 32.1. The largest absolute Gasteiger partial charge is 0.337 e. The van der Waals surface area contributed by atoms with E-state index in [0.29, 0.717) is 0 Å². The van der Waals surface area contributed by atoms with Crippen molar-refractivity contribution in [2.75, 3.05) is 0 Å². The van der Waals surface area contributed by atoms with Crippen LogP contribution in [0.1, 0.15) is 0 Å². The van der Waals surface area contributed by atoms with Crippen molar-refractivity contribution >= 4 is 97.2 Å². The van der Waals surface area contributed by atoms with Crippen LogP contribution < -0.4 is 0 Å². The van der Waals surface area contributed by atoms with Crippen molar-refractivity contribution in [1.82, 2.24) is 19.9 Å². The Bertz CT molecular complexity index is 2340. The monoisotopic (exact) mass is 572 g/mol. The second kappa shape index (κ2) is 8.26. The number of hydrogen-bond donors (Lipinski definition) is 2. The van der Waals surface area contributed by atoms with Crippen molar-refractivity contribution in [3.8, 4) is 21.4 Å². The summed E-state index contributed by atoms with van der Waals surface area (Å²) in [7, 11) is 0. The Balaban J connectivity index is 1.13. The van der Waals surface area contributed by atoms with E-state index in [-0.39, 0.29) is 0 Å². The Morgan fingerprint density at radius 1 is 0.405 bits per heavy atom. The molecule has 0 spiro atoms. The first-order chi connectivity index (χ1) is 20.8. The Kier molecular flexibility index (Phi) is 4.45. The van der Waals surface area contributed by atoms with E-state index in [9.17, 15) is 0 Å². The molecule has 0 aliphatic rings. The first-order valence-corrected chi connectivity index (χ1v) is 15.6. The third-order valence-corrected chi connectivity index (χ3v) is 10.7. The number of H-pyrrole nitrogens is 2. The summed E-state index contributed by atoms with van der Waals surface area (Å²) in [6.45, 7) is 0. The van der Waals surface area contributed by atoms with Gasteiger partial charge in [-0.15, -0.1) is 22.7 Å². The number of hydrogen-bond acceptors (Lipinski definition) is 4. The lowest BCUT2D eigenvalue weighted by Crippen LogP contribution is -1.81. The molecule has 10 aromatic rings. The van der Waals surface area contributed by atoms with Gasteiger partial charge in [-0.05, 0) is 33.7 Å². The van der Waals surface area contributed by atoms with E-state index in [1.807, 2.05) is 0 Å². The Morgan fingerprint density at radius 2 is 0.738 bits per heavy atom. The van der Waals surface area contributed by atoms with Gasteiger partial charge < -0.3 is 9.97 Å². The second-order valence-corrected chi connectivity index (χ2v) is 12.9. The van der Waals surface area contributed by atoms with Gasteiger partial charge in [0.2, 0.25) is 0 Å². The van der Waals surface area contributed by atoms with Crippen molar-refractivity contribution in [1.29, 1.82) is 0 Å². The molecule has 2 N–H and O–H groups in total. The lowest BCUT2D eigenvalue weighted by atomic mass is 10.0. The zero-order valence-electron chi connectivity index (χ0n) is 22.1. The highest BCUT2D eigenvalue weighted by Crippen LogP contribution is 2.43. The fourth-order valence-electron chi connectivity index (χ4n) is 6.55. The molecule has 0 radical (unpaired) electrons. The van der Waals surface area contributed by atoms with E-state index in [0.717, 1.165) is 43.5 Å². The van der Waals surface area contributed by atoms with Crippen molar-refractivity contribution < 1.29 is 0 Å². The summed E-state index contributed by atoms with van der Waals surface area (Å²) in [6.07, 6.45) is 0. The first kappa shape index (κ1) is 22.6. The average molecular weight is 573 g/mol. The highest BCUT2D eigenvalue weighted by Gasteiger charge is 2.18. The summed E-state index contributed by atoms with van der Waals surface area (Å²) >= 11 is 3.56. The third kappa shape index (κ3) is 3.05. The molecule has 0 bridgehead atoms. The van der Waals surface area contributed by atoms with Crippen LogP contribution in [0.4, 0.5) is 0 Å². The summed E-state index contributed by atoms with van der Waals surface area (Å²) in [4.78, 5) is 19.9. The molecule has 0 amide bonds. The normalized spacial score (nSPS) is 12.3. The van der Waals surface area contributed by atoms with E-state index >= 15 is 0 Å². The number of aromatic amines is 2. The predicted molar refractivity (Wildman–Crippen MR) is 180 cm³/mol. The van der Waals surface area contributed by atoms with Crippen LogP contribution in [0.25, 0.3) is 96.0 Å². The zero-order chi connectivity index (χ0) is 27.4. The fraction of sp³-hybridized carbons (Fsp3) is 0. The molecule has 0 fully saturated rings. The lowest BCUT2D eigenvalue weighted by Gasteiger charge is -2.05. The molecule has 4 nitrogen and oxygen atoms in total. The molecule has 0 aliphatic heterocycles. The summed E-state index contributed by atoms with van der Waals surface area (Å²) in [5, 5.41) is 9.74. The molecule has 0 saturated heterocycles. The number of fused-ring (bicyclic) bond motifs is 13. The van der Waals surface area contributed by atoms with E-state index in [1.54, 1.807) is 22.7 Å². The highest BCUT2D eigenvalue weighted by molar-refractivity contribution is 7.31. The molecular formula is C36H20N4S2. The first-order valence-electron chi connectivity index (χ1n) is 13.9. The fourth-order valence-corrected chi connectivity index (χ4v) is 8.84. The molecule has 0 aliphatic carbocycles. The molecule has 42 heavy (non-hydrogen) atoms. The molecule has 6 heteroatoms. The van der Waals surface area contributed by atoms with Gasteiger partial charge in [-0.1, -0.05) is 97.1 Å². The van der Waals surface area contributed by atoms with E-state index in [4.69, 9.17) is 9.97 Å². The van der Waals surface area contributed by atoms with Crippen molar-refractivity contribution in [2.24, 2.45) is 0 Å². The van der Waals surface area contributed by atoms with Crippen LogP contribution >= 0.6 is 22.7 Å². The summed E-state index contributed by atoms with van der Waals surface area (Å²) in [6, 6.07) is 38.8. The molecule has 196 valence electrons. The Morgan fingerprint density at radius 3 is 1.14 bits per heavy atom. The van der Waals surface area contributed by atoms with Crippen LogP contribution in [-0.2, 0) is 0 Å². The molecule has 0 saturated carbocycles. The van der Waals surface area contributed by atoms with E-state index in [1.165, 1.54) is 52.5 Å². The molecule has 4 aromatic heterocycles. The second-order valence-electron chi connectivity index (χ2n) is 10.8. The maximum Gasteiger partial charge on any atom is 0.148 e. The van der Waals surface area contributed by atoms with Crippen LogP contribution in [0.5, 0.6) is 0 Å². The minimum atomic E-state index is 0.920. The zero-order valence-corrected chi connectivity index (χ0v) is 23.7. The van der Waals surface area contributed by atoms with Crippen LogP contribution in [-0.4, -0.2) is 19.9 Å². The summed E-state index contributed by atoms with van der Waals surface area (Å²) in [5.41, 5.74) is 4.24. The topological polar surface area (TPSA) is 57.4 Å². The standard InChI is InChI=1S/C36H20N4S2/c1-5-13-23-19(9-1)20-10-2-6-14-24(20)32-31(23)37-35(38-32)29-17-27-28(41-29)18-30(42-27)36-39-33-25-15-7-3-11-21(25)22-12-4-8-16-26(22)34(33)40-36/h1-18H,(H,37,38)(H,39,40). The van der Waals surface area contributed by atoms with Gasteiger partial charge in [-0.2, -0.15) is 0 Å². The van der Waals surface area contributed by atoms with Crippen molar-refractivity contribution in [3.05, 3.63) is 109 Å². The number of nitrogens with zero attached hydrogens (tertiary/aromatic N) is 2. The number of nitrogens with one attached hydrogen (secondary N) is 2. The van der Waals surface area contributed by atoms with Crippen LogP contribution in [0.3, 0.4) is 0 Å². The van der Waals surface area contributed by atoms with Gasteiger partial charge in [0.15, 0.2) is 0 Å². The molecule has 6 aromatic carbocycles. The van der Waals surface area contributed by atoms with Gasteiger partial charge in [0.1, 0.15) is 11.6 Å². The van der Waals surface area contributed by atoms with E-state index < -0.39 is 0 Å². The Labute approximate surface area is 246 Å². The van der Waals surface area contributed by atoms with Crippen LogP contribution in [0.2, 0.25) is 0 Å². The third-order valence-electron chi connectivity index (χ3n) is 8.42. The lowest BCUT2D eigenvalue weighted by molar-refractivity contribution is 1.36. The average Bonchev–Trinajstić information content (AvgIpc) is 3.83. The molecule has 10 rings (SSSR count). The van der Waals surface area contributed by atoms with Gasteiger partial charge in [0.25, 0.3) is 0 Å². The number of imidazole rings is 2. The van der Waals surface area contributed by atoms with Gasteiger partial charge in [-0.3, -0.25) is 0 Å².